The molecule has 2 amide bonds. The number of sulfonamides is 1. The summed E-state index contributed by atoms with van der Waals surface area (Å²) >= 11 is 12.6. The molecule has 0 aliphatic rings. The molecule has 1 N–H and O–H groups in total. The number of nitrogens with one attached hydrogen (secondary N) is 1. The lowest BCUT2D eigenvalue weighted by atomic mass is 10.1. The molecule has 0 aliphatic heterocycles. The van der Waals surface area contributed by atoms with Crippen LogP contribution in [0.5, 0.6) is 5.75 Å². The SMILES string of the molecule is COc1ccc(CN(C(=O)CN(c2cc(Cl)ccc2Cl)S(=O)(=O)c2ccccc2)[C@H](C)C(=O)NC(C)(C)C)cc1. The van der Waals surface area contributed by atoms with E-state index in [1.165, 1.54) is 35.2 Å². The van der Waals surface area contributed by atoms with Crippen LogP contribution >= 0.6 is 23.2 Å². The number of nitrogens with zero attached hydrogens (tertiary/aromatic N) is 2. The predicted molar refractivity (Wildman–Crippen MR) is 158 cm³/mol. The van der Waals surface area contributed by atoms with E-state index in [2.05, 4.69) is 5.32 Å². The molecule has 1 atom stereocenters. The maximum absolute atomic E-state index is 14.0. The minimum atomic E-state index is -4.25. The minimum Gasteiger partial charge on any atom is -0.497 e. The number of halogens is 2. The molecule has 0 unspecified atom stereocenters. The molecule has 3 aromatic carbocycles. The zero-order valence-electron chi connectivity index (χ0n) is 23.0. The van der Waals surface area contributed by atoms with Gasteiger partial charge in [0, 0.05) is 17.1 Å². The average molecular weight is 607 g/mol. The first-order valence-corrected chi connectivity index (χ1v) is 14.7. The van der Waals surface area contributed by atoms with Crippen LogP contribution in [0, 0.1) is 0 Å². The van der Waals surface area contributed by atoms with Crippen LogP contribution in [-0.4, -0.2) is 50.4 Å². The number of rotatable bonds is 10. The topological polar surface area (TPSA) is 96.0 Å². The first-order valence-electron chi connectivity index (χ1n) is 12.5. The lowest BCUT2D eigenvalue weighted by Crippen LogP contribution is -2.54. The molecule has 8 nitrogen and oxygen atoms in total. The Morgan fingerprint density at radius 1 is 0.975 bits per heavy atom. The number of amides is 2. The van der Waals surface area contributed by atoms with Gasteiger partial charge in [-0.15, -0.1) is 0 Å². The first-order chi connectivity index (χ1) is 18.7. The summed E-state index contributed by atoms with van der Waals surface area (Å²) in [5, 5.41) is 3.23. The van der Waals surface area contributed by atoms with E-state index in [0.717, 1.165) is 9.87 Å². The van der Waals surface area contributed by atoms with Gasteiger partial charge in [0.15, 0.2) is 0 Å². The van der Waals surface area contributed by atoms with E-state index in [9.17, 15) is 18.0 Å². The Labute approximate surface area is 245 Å². The molecule has 0 fully saturated rings. The Balaban J connectivity index is 2.06. The van der Waals surface area contributed by atoms with Gasteiger partial charge in [-0.2, -0.15) is 0 Å². The van der Waals surface area contributed by atoms with Gasteiger partial charge < -0.3 is 15.0 Å². The largest absolute Gasteiger partial charge is 0.497 e. The van der Waals surface area contributed by atoms with Gasteiger partial charge in [0.25, 0.3) is 10.0 Å². The van der Waals surface area contributed by atoms with Gasteiger partial charge in [0.05, 0.1) is 22.7 Å². The second kappa shape index (κ2) is 12.9. The summed E-state index contributed by atoms with van der Waals surface area (Å²) in [6.07, 6.45) is 0. The summed E-state index contributed by atoms with van der Waals surface area (Å²) in [7, 11) is -2.70. The molecule has 40 heavy (non-hydrogen) atoms. The van der Waals surface area contributed by atoms with Gasteiger partial charge in [-0.1, -0.05) is 53.5 Å². The van der Waals surface area contributed by atoms with E-state index < -0.39 is 34.1 Å². The van der Waals surface area contributed by atoms with Crippen LogP contribution in [-0.2, 0) is 26.2 Å². The quantitative estimate of drug-likeness (QED) is 0.328. The molecular weight excluding hydrogens is 573 g/mol. The van der Waals surface area contributed by atoms with Crippen LogP contribution in [0.4, 0.5) is 5.69 Å². The third kappa shape index (κ3) is 7.90. The monoisotopic (exact) mass is 605 g/mol. The highest BCUT2D eigenvalue weighted by molar-refractivity contribution is 7.92. The van der Waals surface area contributed by atoms with Crippen LogP contribution in [0.25, 0.3) is 0 Å². The summed E-state index contributed by atoms with van der Waals surface area (Å²) in [6, 6.07) is 18.2. The second-order valence-electron chi connectivity index (χ2n) is 10.2. The molecular formula is C29H33Cl2N3O5S. The van der Waals surface area contributed by atoms with Crippen LogP contribution in [0.15, 0.2) is 77.7 Å². The Bertz CT molecular complexity index is 1440. The van der Waals surface area contributed by atoms with Crippen molar-refractivity contribution >= 4 is 50.7 Å². The highest BCUT2D eigenvalue weighted by atomic mass is 35.5. The molecule has 0 saturated heterocycles. The van der Waals surface area contributed by atoms with Gasteiger partial charge >= 0.3 is 0 Å². The summed E-state index contributed by atoms with van der Waals surface area (Å²) in [5.41, 5.74) is 0.224. The third-order valence-electron chi connectivity index (χ3n) is 5.96. The normalized spacial score (nSPS) is 12.4. The summed E-state index contributed by atoms with van der Waals surface area (Å²) in [4.78, 5) is 28.5. The van der Waals surface area contributed by atoms with Crippen molar-refractivity contribution in [2.24, 2.45) is 0 Å². The molecule has 3 aromatic rings. The molecule has 0 saturated carbocycles. The van der Waals surface area contributed by atoms with E-state index in [4.69, 9.17) is 27.9 Å². The Morgan fingerprint density at radius 2 is 1.60 bits per heavy atom. The van der Waals surface area contributed by atoms with Gasteiger partial charge in [-0.3, -0.25) is 13.9 Å². The molecule has 11 heteroatoms. The first kappa shape index (κ1) is 31.3. The maximum Gasteiger partial charge on any atom is 0.264 e. The zero-order valence-corrected chi connectivity index (χ0v) is 25.3. The van der Waals surface area contributed by atoms with Crippen LogP contribution in [0.1, 0.15) is 33.3 Å². The van der Waals surface area contributed by atoms with Gasteiger partial charge in [0.2, 0.25) is 11.8 Å². The second-order valence-corrected chi connectivity index (χ2v) is 12.9. The molecule has 0 radical (unpaired) electrons. The summed E-state index contributed by atoms with van der Waals surface area (Å²) in [5.74, 6) is -0.355. The molecule has 0 spiro atoms. The number of carbonyl (C=O) groups is 2. The summed E-state index contributed by atoms with van der Waals surface area (Å²) < 4.78 is 33.8. The molecule has 0 aromatic heterocycles. The Hall–Kier alpha value is -3.27. The van der Waals surface area contributed by atoms with Crippen molar-refractivity contribution in [3.63, 3.8) is 0 Å². The van der Waals surface area contributed by atoms with E-state index >= 15 is 0 Å². The predicted octanol–water partition coefficient (Wildman–Crippen LogP) is 5.53. The Kier molecular flexibility index (Phi) is 10.1. The maximum atomic E-state index is 14.0. The lowest BCUT2D eigenvalue weighted by Gasteiger charge is -2.33. The number of ether oxygens (including phenoxy) is 1. The van der Waals surface area contributed by atoms with Gasteiger partial charge in [0.1, 0.15) is 18.3 Å². The van der Waals surface area contributed by atoms with Crippen molar-refractivity contribution < 1.29 is 22.7 Å². The standard InChI is InChI=1S/C29H33Cl2N3O5S/c1-20(28(36)32-29(2,3)4)33(18-21-11-14-23(39-5)15-12-21)27(35)19-34(26-17-22(30)13-16-25(26)31)40(37,38)24-9-7-6-8-10-24/h6-17,20H,18-19H2,1-5H3,(H,32,36)/t20-/m1/s1. The smallest absolute Gasteiger partial charge is 0.264 e. The number of hydrogen-bond acceptors (Lipinski definition) is 5. The molecule has 0 heterocycles. The number of hydrogen-bond donors (Lipinski definition) is 1. The number of methoxy groups -OCH3 is 1. The minimum absolute atomic E-state index is 0.0286. The molecule has 3 rings (SSSR count). The fourth-order valence-electron chi connectivity index (χ4n) is 3.89. The van der Waals surface area contributed by atoms with E-state index in [-0.39, 0.29) is 33.1 Å². The van der Waals surface area contributed by atoms with Gasteiger partial charge in [-0.05, 0) is 75.7 Å². The van der Waals surface area contributed by atoms with E-state index in [0.29, 0.717) is 5.75 Å². The van der Waals surface area contributed by atoms with Crippen molar-refractivity contribution in [2.75, 3.05) is 18.0 Å². The van der Waals surface area contributed by atoms with Gasteiger partial charge in [-0.25, -0.2) is 8.42 Å². The number of benzene rings is 3. The highest BCUT2D eigenvalue weighted by Gasteiger charge is 2.34. The fourth-order valence-corrected chi connectivity index (χ4v) is 5.78. The molecule has 0 aliphatic carbocycles. The van der Waals surface area contributed by atoms with E-state index in [1.54, 1.807) is 56.5 Å². The van der Waals surface area contributed by atoms with Crippen molar-refractivity contribution in [1.29, 1.82) is 0 Å². The Morgan fingerprint density at radius 3 is 2.17 bits per heavy atom. The van der Waals surface area contributed by atoms with Crippen LogP contribution in [0.3, 0.4) is 0 Å². The van der Waals surface area contributed by atoms with Crippen molar-refractivity contribution in [3.05, 3.63) is 88.4 Å². The summed E-state index contributed by atoms with van der Waals surface area (Å²) in [6.45, 7) is 6.53. The van der Waals surface area contributed by atoms with Crippen molar-refractivity contribution in [1.82, 2.24) is 10.2 Å². The third-order valence-corrected chi connectivity index (χ3v) is 8.29. The zero-order chi connectivity index (χ0) is 29.7. The average Bonchev–Trinajstić information content (AvgIpc) is 2.91. The van der Waals surface area contributed by atoms with Crippen LogP contribution < -0.4 is 14.4 Å². The van der Waals surface area contributed by atoms with E-state index in [1.807, 2.05) is 20.8 Å². The number of carbonyl (C=O) groups excluding carboxylic acids is 2. The van der Waals surface area contributed by atoms with Crippen molar-refractivity contribution in [3.8, 4) is 5.75 Å². The van der Waals surface area contributed by atoms with Crippen molar-refractivity contribution in [2.45, 2.75) is 50.7 Å². The fraction of sp³-hybridized carbons (Fsp3) is 0.310. The van der Waals surface area contributed by atoms with Crippen LogP contribution in [0.2, 0.25) is 10.0 Å². The molecule has 0 bridgehead atoms. The lowest BCUT2D eigenvalue weighted by molar-refractivity contribution is -0.140. The number of anilines is 1. The highest BCUT2D eigenvalue weighted by Crippen LogP contribution is 2.33. The molecule has 214 valence electrons.